The van der Waals surface area contributed by atoms with E-state index in [1.807, 2.05) is 0 Å². The molecule has 4 heteroatoms. The van der Waals surface area contributed by atoms with Crippen LogP contribution in [0.15, 0.2) is 18.2 Å². The van der Waals surface area contributed by atoms with Crippen LogP contribution in [-0.2, 0) is 0 Å². The van der Waals surface area contributed by atoms with E-state index in [1.165, 1.54) is 0 Å². The lowest BCUT2D eigenvalue weighted by atomic mass is 10.0. The Kier molecular flexibility index (Phi) is 3.33. The summed E-state index contributed by atoms with van der Waals surface area (Å²) < 4.78 is 0. The van der Waals surface area contributed by atoms with Crippen LogP contribution < -0.4 is 0 Å². The number of aliphatic hydroxyl groups excluding tert-OH is 1. The summed E-state index contributed by atoms with van der Waals surface area (Å²) in [5.41, 5.74) is 1.01. The number of β-amino-alcohol motifs (C(OH)–C–C–N with tert-alkyl or cyclic N) is 1. The Morgan fingerprint density at radius 2 is 2.24 bits per heavy atom. The zero-order valence-corrected chi connectivity index (χ0v) is 9.89. The van der Waals surface area contributed by atoms with Crippen LogP contribution in [0.2, 0.25) is 0 Å². The molecule has 1 heterocycles. The maximum absolute atomic E-state index is 12.2. The van der Waals surface area contributed by atoms with Crippen molar-refractivity contribution in [3.05, 3.63) is 29.3 Å². The van der Waals surface area contributed by atoms with Crippen LogP contribution in [0.4, 0.5) is 0 Å². The van der Waals surface area contributed by atoms with E-state index in [9.17, 15) is 15.0 Å². The fourth-order valence-corrected chi connectivity index (χ4v) is 2.14. The number of hydrogen-bond acceptors (Lipinski definition) is 3. The van der Waals surface area contributed by atoms with Crippen molar-refractivity contribution in [1.82, 2.24) is 4.90 Å². The van der Waals surface area contributed by atoms with E-state index in [0.717, 1.165) is 12.8 Å². The molecule has 1 amide bonds. The SMILES string of the molecule is Cc1cccc(C(=O)N2CCCC(O)C2)c1O. The molecule has 2 N–H and O–H groups in total. The monoisotopic (exact) mass is 235 g/mol. The molecule has 1 aliphatic heterocycles. The zero-order valence-electron chi connectivity index (χ0n) is 9.89. The number of aromatic hydroxyl groups is 1. The van der Waals surface area contributed by atoms with E-state index in [4.69, 9.17) is 0 Å². The van der Waals surface area contributed by atoms with Gasteiger partial charge in [-0.25, -0.2) is 0 Å². The summed E-state index contributed by atoms with van der Waals surface area (Å²) in [4.78, 5) is 13.8. The van der Waals surface area contributed by atoms with Gasteiger partial charge in [0.2, 0.25) is 0 Å². The van der Waals surface area contributed by atoms with E-state index in [-0.39, 0.29) is 11.7 Å². The summed E-state index contributed by atoms with van der Waals surface area (Å²) >= 11 is 0. The Bertz CT molecular complexity index is 431. The first-order chi connectivity index (χ1) is 8.09. The second kappa shape index (κ2) is 4.75. The lowest BCUT2D eigenvalue weighted by Crippen LogP contribution is -2.42. The van der Waals surface area contributed by atoms with Crippen molar-refractivity contribution in [2.45, 2.75) is 25.9 Å². The van der Waals surface area contributed by atoms with Crippen LogP contribution in [0.3, 0.4) is 0 Å². The number of para-hydroxylation sites is 1. The Morgan fingerprint density at radius 1 is 1.47 bits per heavy atom. The highest BCUT2D eigenvalue weighted by Gasteiger charge is 2.24. The number of likely N-dealkylation sites (tertiary alicyclic amines) is 1. The maximum Gasteiger partial charge on any atom is 0.257 e. The highest BCUT2D eigenvalue weighted by molar-refractivity contribution is 5.97. The first-order valence-electron chi connectivity index (χ1n) is 5.85. The number of piperidine rings is 1. The first-order valence-corrected chi connectivity index (χ1v) is 5.85. The van der Waals surface area contributed by atoms with Crippen LogP contribution in [0.25, 0.3) is 0 Å². The molecule has 4 nitrogen and oxygen atoms in total. The van der Waals surface area contributed by atoms with E-state index in [2.05, 4.69) is 0 Å². The molecule has 0 aromatic heterocycles. The number of carbonyl (C=O) groups excluding carboxylic acids is 1. The first kappa shape index (κ1) is 11.9. The fraction of sp³-hybridized carbons (Fsp3) is 0.462. The summed E-state index contributed by atoms with van der Waals surface area (Å²) in [6, 6.07) is 5.13. The molecule has 0 spiro atoms. The van der Waals surface area contributed by atoms with Gasteiger partial charge in [0.25, 0.3) is 5.91 Å². The van der Waals surface area contributed by atoms with E-state index in [0.29, 0.717) is 24.2 Å². The van der Waals surface area contributed by atoms with Gasteiger partial charge >= 0.3 is 0 Å². The largest absolute Gasteiger partial charge is 0.507 e. The topological polar surface area (TPSA) is 60.8 Å². The third-order valence-electron chi connectivity index (χ3n) is 3.15. The highest BCUT2D eigenvalue weighted by atomic mass is 16.3. The number of nitrogens with zero attached hydrogens (tertiary/aromatic N) is 1. The predicted octanol–water partition coefficient (Wildman–Crippen LogP) is 1.30. The minimum atomic E-state index is -0.445. The third kappa shape index (κ3) is 2.42. The molecule has 1 aromatic carbocycles. The molecular weight excluding hydrogens is 218 g/mol. The second-order valence-corrected chi connectivity index (χ2v) is 4.52. The lowest BCUT2D eigenvalue weighted by Gasteiger charge is -2.30. The van der Waals surface area contributed by atoms with Crippen LogP contribution in [0.1, 0.15) is 28.8 Å². The molecular formula is C13H17NO3. The van der Waals surface area contributed by atoms with Crippen LogP contribution in [0.5, 0.6) is 5.75 Å². The van der Waals surface area contributed by atoms with Crippen LogP contribution in [-0.4, -0.2) is 40.2 Å². The van der Waals surface area contributed by atoms with Crippen molar-refractivity contribution in [2.75, 3.05) is 13.1 Å². The van der Waals surface area contributed by atoms with Crippen LogP contribution in [0, 0.1) is 6.92 Å². The van der Waals surface area contributed by atoms with Crippen molar-refractivity contribution >= 4 is 5.91 Å². The molecule has 1 fully saturated rings. The molecule has 1 unspecified atom stereocenters. The van der Waals surface area contributed by atoms with Crippen molar-refractivity contribution in [2.24, 2.45) is 0 Å². The highest BCUT2D eigenvalue weighted by Crippen LogP contribution is 2.24. The fourth-order valence-electron chi connectivity index (χ4n) is 2.14. The number of phenolic OH excluding ortho intramolecular Hbond substituents is 1. The molecule has 0 radical (unpaired) electrons. The van der Waals surface area contributed by atoms with Gasteiger partial charge in [-0.05, 0) is 31.4 Å². The second-order valence-electron chi connectivity index (χ2n) is 4.52. The number of carbonyl (C=O) groups is 1. The molecule has 1 aliphatic rings. The predicted molar refractivity (Wildman–Crippen MR) is 64.0 cm³/mol. The number of amides is 1. The molecule has 0 saturated carbocycles. The van der Waals surface area contributed by atoms with Gasteiger partial charge in [-0.3, -0.25) is 4.79 Å². The average molecular weight is 235 g/mol. The summed E-state index contributed by atoms with van der Waals surface area (Å²) in [5.74, 6) is -0.164. The number of benzene rings is 1. The van der Waals surface area contributed by atoms with E-state index in [1.54, 1.807) is 30.0 Å². The van der Waals surface area contributed by atoms with Crippen molar-refractivity contribution in [3.8, 4) is 5.75 Å². The quantitative estimate of drug-likeness (QED) is 0.771. The maximum atomic E-state index is 12.2. The van der Waals surface area contributed by atoms with Gasteiger partial charge in [-0.15, -0.1) is 0 Å². The van der Waals surface area contributed by atoms with Gasteiger partial charge in [-0.2, -0.15) is 0 Å². The van der Waals surface area contributed by atoms with Gasteiger partial charge in [0.05, 0.1) is 11.7 Å². The summed E-state index contributed by atoms with van der Waals surface area (Å²) in [5, 5.41) is 19.4. The third-order valence-corrected chi connectivity index (χ3v) is 3.15. The van der Waals surface area contributed by atoms with Gasteiger partial charge in [0.15, 0.2) is 0 Å². The zero-order chi connectivity index (χ0) is 12.4. The number of aryl methyl sites for hydroxylation is 1. The molecule has 2 rings (SSSR count). The molecule has 0 bridgehead atoms. The number of aliphatic hydroxyl groups is 1. The molecule has 17 heavy (non-hydrogen) atoms. The Labute approximate surface area is 100 Å². The van der Waals surface area contributed by atoms with Crippen LogP contribution >= 0.6 is 0 Å². The van der Waals surface area contributed by atoms with Crippen molar-refractivity contribution in [3.63, 3.8) is 0 Å². The molecule has 0 aliphatic carbocycles. The summed E-state index contributed by atoms with van der Waals surface area (Å²) in [7, 11) is 0. The number of phenols is 1. The van der Waals surface area contributed by atoms with Gasteiger partial charge in [0, 0.05) is 13.1 Å². The molecule has 92 valence electrons. The Hall–Kier alpha value is -1.55. The van der Waals surface area contributed by atoms with Crippen molar-refractivity contribution in [1.29, 1.82) is 0 Å². The molecule has 1 saturated heterocycles. The normalized spacial score (nSPS) is 20.4. The molecule has 1 atom stereocenters. The van der Waals surface area contributed by atoms with E-state index < -0.39 is 6.10 Å². The minimum absolute atomic E-state index is 0.0394. The smallest absolute Gasteiger partial charge is 0.257 e. The summed E-state index contributed by atoms with van der Waals surface area (Å²) in [6.45, 7) is 2.76. The number of rotatable bonds is 1. The van der Waals surface area contributed by atoms with Gasteiger partial charge in [0.1, 0.15) is 5.75 Å². The number of hydrogen-bond donors (Lipinski definition) is 2. The lowest BCUT2D eigenvalue weighted by molar-refractivity contribution is 0.0471. The molecule has 1 aromatic rings. The Morgan fingerprint density at radius 3 is 2.94 bits per heavy atom. The minimum Gasteiger partial charge on any atom is -0.507 e. The van der Waals surface area contributed by atoms with Gasteiger partial charge in [-0.1, -0.05) is 12.1 Å². The standard InChI is InChI=1S/C13H17NO3/c1-9-4-2-6-11(12(9)16)13(17)14-7-3-5-10(15)8-14/h2,4,6,10,15-16H,3,5,7-8H2,1H3. The van der Waals surface area contributed by atoms with Crippen molar-refractivity contribution < 1.29 is 15.0 Å². The van der Waals surface area contributed by atoms with E-state index >= 15 is 0 Å². The summed E-state index contributed by atoms with van der Waals surface area (Å²) in [6.07, 6.45) is 1.10. The van der Waals surface area contributed by atoms with Gasteiger partial charge < -0.3 is 15.1 Å². The Balaban J connectivity index is 2.22. The average Bonchev–Trinajstić information content (AvgIpc) is 2.32.